The van der Waals surface area contributed by atoms with E-state index in [0.717, 1.165) is 61.2 Å². The summed E-state index contributed by atoms with van der Waals surface area (Å²) in [5, 5.41) is 3.73. The van der Waals surface area contributed by atoms with Gasteiger partial charge in [0.15, 0.2) is 34.5 Å². The molecule has 0 radical (unpaired) electrons. The predicted molar refractivity (Wildman–Crippen MR) is 173 cm³/mol. The summed E-state index contributed by atoms with van der Waals surface area (Å²) in [7, 11) is 8.91. The van der Waals surface area contributed by atoms with Gasteiger partial charge in [0.05, 0.1) is 28.4 Å². The number of nitrogens with one attached hydrogen (secondary N) is 1. The Bertz CT molecular complexity index is 1720. The lowest BCUT2D eigenvalue weighted by Gasteiger charge is -2.35. The van der Waals surface area contributed by atoms with Crippen LogP contribution in [0.15, 0.2) is 60.7 Å². The highest BCUT2D eigenvalue weighted by Crippen LogP contribution is 2.49. The van der Waals surface area contributed by atoms with E-state index in [-0.39, 0.29) is 12.1 Å². The average molecular weight is 609 g/mol. The van der Waals surface area contributed by atoms with Crippen LogP contribution in [0.4, 0.5) is 0 Å². The van der Waals surface area contributed by atoms with Gasteiger partial charge >= 0.3 is 0 Å². The number of hydrogen-bond acceptors (Lipinski definition) is 8. The molecular weight excluding hydrogens is 568 g/mol. The van der Waals surface area contributed by atoms with Gasteiger partial charge < -0.3 is 33.7 Å². The molecule has 8 nitrogen and oxygen atoms in total. The van der Waals surface area contributed by atoms with Gasteiger partial charge in [0.25, 0.3) is 0 Å². The summed E-state index contributed by atoms with van der Waals surface area (Å²) in [5.74, 6) is 5.38. The molecule has 4 aromatic carbocycles. The molecule has 0 saturated carbocycles. The van der Waals surface area contributed by atoms with E-state index < -0.39 is 0 Å². The fraction of sp³-hybridized carbons (Fsp3) is 0.351. The Morgan fingerprint density at radius 2 is 1.42 bits per heavy atom. The summed E-state index contributed by atoms with van der Waals surface area (Å²) in [5.41, 5.74) is 7.10. The van der Waals surface area contributed by atoms with E-state index in [4.69, 9.17) is 28.4 Å². The van der Waals surface area contributed by atoms with Crippen molar-refractivity contribution in [3.63, 3.8) is 0 Å². The number of likely N-dealkylation sites (N-methyl/N-ethyl adjacent to an activating group) is 1. The minimum Gasteiger partial charge on any atom is -0.493 e. The Labute approximate surface area is 264 Å². The minimum atomic E-state index is 0.0157. The standard InChI is InChI=1S/C37H40N2O6/c1-39-15-13-24-19-32(41-3)34-20-27(24)30(39)17-22-6-9-25(10-7-22)44-33-18-23(8-11-31(33)40-2)16-29-28-21-35(45-34)37(43-5)36(42-4)26(28)12-14-38-29/h6-11,18-21,29-30,38H,12-17H2,1-5H3/t29-,30+/m1/s1. The van der Waals surface area contributed by atoms with Crippen LogP contribution in [0.25, 0.3) is 0 Å². The SMILES string of the molecule is COc1ccc2cc1Oc1ccc(cc1)C[C@H]1c3cc(c(OC)cc3CCN1C)Oc1cc3c(c(OC)c1OC)CCN[C@@H]3C2. The third-order valence-corrected chi connectivity index (χ3v) is 9.41. The number of ether oxygens (including phenoxy) is 6. The number of hydrogen-bond donors (Lipinski definition) is 1. The second kappa shape index (κ2) is 12.2. The van der Waals surface area contributed by atoms with Gasteiger partial charge in [-0.05, 0) is 110 Å². The van der Waals surface area contributed by atoms with E-state index in [2.05, 4.69) is 59.7 Å². The molecular formula is C37H40N2O6. The van der Waals surface area contributed by atoms with Crippen molar-refractivity contribution in [2.75, 3.05) is 48.6 Å². The summed E-state index contributed by atoms with van der Waals surface area (Å²) < 4.78 is 36.7. The van der Waals surface area contributed by atoms with Gasteiger partial charge in [-0.1, -0.05) is 18.2 Å². The highest BCUT2D eigenvalue weighted by molar-refractivity contribution is 5.63. The molecule has 8 heteroatoms. The maximum atomic E-state index is 6.77. The van der Waals surface area contributed by atoms with Crippen LogP contribution in [0.2, 0.25) is 0 Å². The third-order valence-electron chi connectivity index (χ3n) is 9.41. The average Bonchev–Trinajstić information content (AvgIpc) is 3.06. The highest BCUT2D eigenvalue weighted by Gasteiger charge is 2.31. The quantitative estimate of drug-likeness (QED) is 0.271. The molecule has 45 heavy (non-hydrogen) atoms. The first-order valence-corrected chi connectivity index (χ1v) is 15.5. The molecule has 4 aliphatic rings. The number of fused-ring (bicyclic) bond motifs is 2. The smallest absolute Gasteiger partial charge is 0.204 e. The van der Waals surface area contributed by atoms with Crippen LogP contribution < -0.4 is 33.7 Å². The van der Waals surface area contributed by atoms with Gasteiger partial charge in [-0.3, -0.25) is 4.90 Å². The number of methoxy groups -OCH3 is 4. The van der Waals surface area contributed by atoms with E-state index in [1.165, 1.54) is 16.7 Å². The Morgan fingerprint density at radius 1 is 0.689 bits per heavy atom. The van der Waals surface area contributed by atoms with Crippen molar-refractivity contribution in [2.24, 2.45) is 0 Å². The van der Waals surface area contributed by atoms with E-state index >= 15 is 0 Å². The summed E-state index contributed by atoms with van der Waals surface area (Å²) >= 11 is 0. The lowest BCUT2D eigenvalue weighted by molar-refractivity contribution is 0.228. The van der Waals surface area contributed by atoms with Crippen LogP contribution in [0.5, 0.6) is 46.0 Å². The van der Waals surface area contributed by atoms with Crippen LogP contribution in [-0.4, -0.2) is 53.5 Å². The fourth-order valence-corrected chi connectivity index (χ4v) is 7.06. The Hall–Kier alpha value is -4.40. The summed E-state index contributed by atoms with van der Waals surface area (Å²) in [6, 6.07) is 21.1. The van der Waals surface area contributed by atoms with E-state index in [1.54, 1.807) is 28.4 Å². The molecule has 4 heterocycles. The topological polar surface area (TPSA) is 70.7 Å². The van der Waals surface area contributed by atoms with Crippen LogP contribution in [-0.2, 0) is 25.7 Å². The van der Waals surface area contributed by atoms with Crippen molar-refractivity contribution < 1.29 is 28.4 Å². The van der Waals surface area contributed by atoms with Crippen molar-refractivity contribution in [1.82, 2.24) is 10.2 Å². The van der Waals surface area contributed by atoms with Gasteiger partial charge in [0.2, 0.25) is 5.75 Å². The Morgan fingerprint density at radius 3 is 2.18 bits per heavy atom. The molecule has 8 bridgehead atoms. The molecule has 0 saturated heterocycles. The first-order valence-electron chi connectivity index (χ1n) is 15.5. The zero-order valence-electron chi connectivity index (χ0n) is 26.6. The van der Waals surface area contributed by atoms with Crippen molar-refractivity contribution in [1.29, 1.82) is 0 Å². The van der Waals surface area contributed by atoms with Gasteiger partial charge in [-0.25, -0.2) is 0 Å². The zero-order valence-corrected chi connectivity index (χ0v) is 26.6. The molecule has 0 fully saturated rings. The molecule has 4 aliphatic heterocycles. The summed E-state index contributed by atoms with van der Waals surface area (Å²) in [6.45, 7) is 1.78. The van der Waals surface area contributed by atoms with Gasteiger partial charge in [-0.15, -0.1) is 0 Å². The summed E-state index contributed by atoms with van der Waals surface area (Å²) in [6.07, 6.45) is 3.33. The largest absolute Gasteiger partial charge is 0.493 e. The fourth-order valence-electron chi connectivity index (χ4n) is 7.06. The van der Waals surface area contributed by atoms with Crippen molar-refractivity contribution in [3.8, 4) is 46.0 Å². The maximum absolute atomic E-state index is 6.77. The molecule has 0 aliphatic carbocycles. The lowest BCUT2D eigenvalue weighted by Crippen LogP contribution is -2.33. The molecule has 234 valence electrons. The third kappa shape index (κ3) is 5.42. The van der Waals surface area contributed by atoms with Gasteiger partial charge in [0.1, 0.15) is 5.75 Å². The van der Waals surface area contributed by atoms with Crippen LogP contribution in [0.1, 0.15) is 45.5 Å². The predicted octanol–water partition coefficient (Wildman–Crippen LogP) is 6.82. The molecule has 0 amide bonds. The second-order valence-electron chi connectivity index (χ2n) is 12.0. The molecule has 0 unspecified atom stereocenters. The normalized spacial score (nSPS) is 18.9. The van der Waals surface area contributed by atoms with Crippen molar-refractivity contribution in [3.05, 3.63) is 94.0 Å². The molecule has 4 aromatic rings. The lowest BCUT2D eigenvalue weighted by atomic mass is 9.88. The number of benzene rings is 4. The van der Waals surface area contributed by atoms with E-state index in [9.17, 15) is 0 Å². The Kier molecular flexibility index (Phi) is 7.94. The van der Waals surface area contributed by atoms with Crippen LogP contribution in [0, 0.1) is 0 Å². The van der Waals surface area contributed by atoms with E-state index in [0.29, 0.717) is 40.2 Å². The molecule has 0 spiro atoms. The van der Waals surface area contributed by atoms with Crippen LogP contribution in [0.3, 0.4) is 0 Å². The number of rotatable bonds is 4. The first-order chi connectivity index (χ1) is 22.0. The zero-order chi connectivity index (χ0) is 31.1. The van der Waals surface area contributed by atoms with Crippen molar-refractivity contribution in [2.45, 2.75) is 37.8 Å². The monoisotopic (exact) mass is 608 g/mol. The maximum Gasteiger partial charge on any atom is 0.204 e. The first kappa shape index (κ1) is 29.3. The molecule has 2 atom stereocenters. The molecule has 8 rings (SSSR count). The molecule has 1 N–H and O–H groups in total. The minimum absolute atomic E-state index is 0.0157. The highest BCUT2D eigenvalue weighted by atomic mass is 16.5. The molecule has 0 aromatic heterocycles. The van der Waals surface area contributed by atoms with Crippen molar-refractivity contribution >= 4 is 0 Å². The van der Waals surface area contributed by atoms with Crippen LogP contribution >= 0.6 is 0 Å². The number of nitrogens with zero attached hydrogens (tertiary/aromatic N) is 1. The van der Waals surface area contributed by atoms with E-state index in [1.807, 2.05) is 18.2 Å². The second-order valence-corrected chi connectivity index (χ2v) is 12.0. The van der Waals surface area contributed by atoms with Gasteiger partial charge in [0, 0.05) is 24.2 Å². The Balaban J connectivity index is 1.42. The summed E-state index contributed by atoms with van der Waals surface area (Å²) in [4.78, 5) is 2.42. The van der Waals surface area contributed by atoms with Gasteiger partial charge in [-0.2, -0.15) is 0 Å².